The van der Waals surface area contributed by atoms with E-state index in [4.69, 9.17) is 9.47 Å². The molecule has 0 atom stereocenters. The summed E-state index contributed by atoms with van der Waals surface area (Å²) in [7, 11) is 0. The summed E-state index contributed by atoms with van der Waals surface area (Å²) in [6.45, 7) is 8.27. The van der Waals surface area contributed by atoms with Gasteiger partial charge in [-0.1, -0.05) is 6.58 Å². The number of rotatable bonds is 9. The van der Waals surface area contributed by atoms with Crippen LogP contribution in [0.4, 0.5) is 23.7 Å². The van der Waals surface area contributed by atoms with Crippen LogP contribution in [0.2, 0.25) is 0 Å². The lowest BCUT2D eigenvalue weighted by Crippen LogP contribution is -2.27. The van der Waals surface area contributed by atoms with Crippen LogP contribution in [0.25, 0.3) is 0 Å². The van der Waals surface area contributed by atoms with Crippen molar-refractivity contribution in [1.82, 2.24) is 5.32 Å². The van der Waals surface area contributed by atoms with Crippen LogP contribution in [0.1, 0.15) is 31.1 Å². The third-order valence-corrected chi connectivity index (χ3v) is 4.02. The van der Waals surface area contributed by atoms with Gasteiger partial charge < -0.3 is 24.8 Å². The van der Waals surface area contributed by atoms with Crippen LogP contribution in [0.15, 0.2) is 84.8 Å². The van der Waals surface area contributed by atoms with Gasteiger partial charge in [0.2, 0.25) is 0 Å². The summed E-state index contributed by atoms with van der Waals surface area (Å²) in [5.74, 6) is 0.0694. The first-order valence-electron chi connectivity index (χ1n) is 10.4. The highest BCUT2D eigenvalue weighted by Gasteiger charge is 2.31. The van der Waals surface area contributed by atoms with E-state index >= 15 is 0 Å². The van der Waals surface area contributed by atoms with Crippen LogP contribution >= 0.6 is 0 Å². The van der Waals surface area contributed by atoms with Gasteiger partial charge in [-0.05, 0) is 87.5 Å². The van der Waals surface area contributed by atoms with E-state index in [1.807, 2.05) is 0 Å². The largest absolute Gasteiger partial charge is 0.573 e. The number of hydrogen-bond donors (Lipinski definition) is 2. The first kappa shape index (κ1) is 27.0. The summed E-state index contributed by atoms with van der Waals surface area (Å²) < 4.78 is 51.4. The van der Waals surface area contributed by atoms with Crippen molar-refractivity contribution in [3.63, 3.8) is 0 Å². The van der Waals surface area contributed by atoms with Crippen molar-refractivity contribution in [3.8, 4) is 11.5 Å². The molecule has 2 N–H and O–H groups in total. The van der Waals surface area contributed by atoms with Gasteiger partial charge >= 0.3 is 18.4 Å². The SMILES string of the molecule is C=C/C(=C\C=C(/C)NC(=O)Nc1ccc(Oc2ccc(C(=O)OC(C)C)cc2)cc1)OC(F)(F)F. The number of ether oxygens (including phenoxy) is 3. The maximum atomic E-state index is 12.3. The number of amides is 2. The van der Waals surface area contributed by atoms with Gasteiger partial charge in [0.05, 0.1) is 11.7 Å². The minimum absolute atomic E-state index is 0.215. The highest BCUT2D eigenvalue weighted by Crippen LogP contribution is 2.24. The van der Waals surface area contributed by atoms with Crippen LogP contribution in [0.3, 0.4) is 0 Å². The molecule has 10 heteroatoms. The Bertz CT molecular complexity index is 1090. The summed E-state index contributed by atoms with van der Waals surface area (Å²) in [4.78, 5) is 24.0. The van der Waals surface area contributed by atoms with Crippen molar-refractivity contribution >= 4 is 17.7 Å². The Morgan fingerprint density at radius 3 is 2.06 bits per heavy atom. The molecule has 0 aliphatic heterocycles. The number of carbonyl (C=O) groups is 2. The van der Waals surface area contributed by atoms with Crippen LogP contribution in [0, 0.1) is 0 Å². The lowest BCUT2D eigenvalue weighted by Gasteiger charge is -2.11. The number of benzene rings is 2. The van der Waals surface area contributed by atoms with Gasteiger partial charge in [-0.3, -0.25) is 0 Å². The zero-order valence-electron chi connectivity index (χ0n) is 19.3. The summed E-state index contributed by atoms with van der Waals surface area (Å²) in [6, 6.07) is 12.3. The van der Waals surface area contributed by atoms with Crippen molar-refractivity contribution in [2.45, 2.75) is 33.2 Å². The molecule has 0 heterocycles. The lowest BCUT2D eigenvalue weighted by molar-refractivity contribution is -0.303. The summed E-state index contributed by atoms with van der Waals surface area (Å²) in [6.07, 6.45) is -1.88. The maximum Gasteiger partial charge on any atom is 0.573 e. The highest BCUT2D eigenvalue weighted by molar-refractivity contribution is 5.90. The molecular weight excluding hydrogens is 465 g/mol. The fraction of sp³-hybridized carbons (Fsp3) is 0.200. The van der Waals surface area contributed by atoms with Crippen molar-refractivity contribution in [1.29, 1.82) is 0 Å². The molecule has 0 aromatic heterocycles. The van der Waals surface area contributed by atoms with E-state index in [2.05, 4.69) is 21.9 Å². The monoisotopic (exact) mass is 490 g/mol. The molecule has 0 unspecified atom stereocenters. The number of allylic oxidation sites excluding steroid dienone is 4. The van der Waals surface area contributed by atoms with E-state index < -0.39 is 24.1 Å². The van der Waals surface area contributed by atoms with Gasteiger partial charge in [-0.25, -0.2) is 9.59 Å². The molecule has 0 spiro atoms. The second kappa shape index (κ2) is 12.3. The zero-order valence-corrected chi connectivity index (χ0v) is 19.3. The van der Waals surface area contributed by atoms with Crippen molar-refractivity contribution in [2.24, 2.45) is 0 Å². The van der Waals surface area contributed by atoms with Crippen molar-refractivity contribution in [3.05, 3.63) is 90.4 Å². The second-order valence-electron chi connectivity index (χ2n) is 7.35. The molecule has 2 amide bonds. The van der Waals surface area contributed by atoms with Gasteiger partial charge in [-0.15, -0.1) is 13.2 Å². The number of nitrogens with one attached hydrogen (secondary N) is 2. The Kier molecular flexibility index (Phi) is 9.51. The Hall–Kier alpha value is -4.21. The molecule has 0 bridgehead atoms. The first-order chi connectivity index (χ1) is 16.4. The Morgan fingerprint density at radius 1 is 0.971 bits per heavy atom. The molecule has 0 radical (unpaired) electrons. The van der Waals surface area contributed by atoms with E-state index in [1.54, 1.807) is 62.4 Å². The molecule has 35 heavy (non-hydrogen) atoms. The van der Waals surface area contributed by atoms with E-state index in [0.29, 0.717) is 22.7 Å². The third kappa shape index (κ3) is 10.1. The van der Waals surface area contributed by atoms with Crippen LogP contribution in [0.5, 0.6) is 11.5 Å². The number of carbonyl (C=O) groups excluding carboxylic acids is 2. The van der Waals surface area contributed by atoms with E-state index in [-0.39, 0.29) is 11.8 Å². The average molecular weight is 490 g/mol. The number of halogens is 3. The molecule has 2 rings (SSSR count). The van der Waals surface area contributed by atoms with Crippen LogP contribution in [-0.4, -0.2) is 24.5 Å². The van der Waals surface area contributed by atoms with Gasteiger partial charge in [-0.2, -0.15) is 0 Å². The topological polar surface area (TPSA) is 85.9 Å². The highest BCUT2D eigenvalue weighted by atomic mass is 19.4. The second-order valence-corrected chi connectivity index (χ2v) is 7.35. The number of alkyl halides is 3. The predicted octanol–water partition coefficient (Wildman–Crippen LogP) is 6.68. The molecule has 0 saturated heterocycles. The summed E-state index contributed by atoms with van der Waals surface area (Å²) in [5.41, 5.74) is 1.13. The molecule has 7 nitrogen and oxygen atoms in total. The third-order valence-electron chi connectivity index (χ3n) is 4.02. The van der Waals surface area contributed by atoms with E-state index in [9.17, 15) is 22.8 Å². The molecular formula is C25H25F3N2O5. The normalized spacial score (nSPS) is 12.1. The fourth-order valence-corrected chi connectivity index (χ4v) is 2.55. The van der Waals surface area contributed by atoms with Crippen LogP contribution < -0.4 is 15.4 Å². The van der Waals surface area contributed by atoms with Gasteiger partial charge in [0.1, 0.15) is 17.3 Å². The zero-order chi connectivity index (χ0) is 26.0. The standard InChI is InChI=1S/C25H25F3N2O5/c1-5-20(35-25(26,27)28)11-6-17(4)29-24(32)30-19-9-14-22(15-10-19)34-21-12-7-18(8-13-21)23(31)33-16(2)3/h5-16H,1H2,2-4H3,(H2,29,30,32)/b17-6+,20-11+. The molecule has 2 aromatic rings. The molecule has 2 aromatic carbocycles. The molecule has 0 fully saturated rings. The van der Waals surface area contributed by atoms with Gasteiger partial charge in [0.15, 0.2) is 0 Å². The first-order valence-corrected chi connectivity index (χ1v) is 10.4. The Labute approximate surface area is 200 Å². The Balaban J connectivity index is 1.91. The van der Waals surface area contributed by atoms with Crippen LogP contribution in [-0.2, 0) is 9.47 Å². The summed E-state index contributed by atoms with van der Waals surface area (Å²) in [5, 5.41) is 5.07. The minimum atomic E-state index is -4.84. The molecule has 0 saturated carbocycles. The smallest absolute Gasteiger partial charge is 0.459 e. The fourth-order valence-electron chi connectivity index (χ4n) is 2.55. The number of esters is 1. The minimum Gasteiger partial charge on any atom is -0.459 e. The predicted molar refractivity (Wildman–Crippen MR) is 125 cm³/mol. The average Bonchev–Trinajstić information content (AvgIpc) is 2.77. The molecule has 0 aliphatic carbocycles. The maximum absolute atomic E-state index is 12.3. The van der Waals surface area contributed by atoms with Crippen molar-refractivity contribution < 1.29 is 37.0 Å². The van der Waals surface area contributed by atoms with E-state index in [0.717, 1.165) is 12.2 Å². The number of urea groups is 1. The van der Waals surface area contributed by atoms with Gasteiger partial charge in [0.25, 0.3) is 0 Å². The quantitative estimate of drug-likeness (QED) is 0.233. The number of hydrogen-bond acceptors (Lipinski definition) is 5. The van der Waals surface area contributed by atoms with Crippen molar-refractivity contribution in [2.75, 3.05) is 5.32 Å². The Morgan fingerprint density at radius 2 is 1.54 bits per heavy atom. The summed E-state index contributed by atoms with van der Waals surface area (Å²) >= 11 is 0. The number of anilines is 1. The molecule has 0 aliphatic rings. The van der Waals surface area contributed by atoms with Gasteiger partial charge in [0, 0.05) is 11.4 Å². The van der Waals surface area contributed by atoms with E-state index in [1.165, 1.54) is 13.0 Å². The lowest BCUT2D eigenvalue weighted by atomic mass is 10.2. The molecule has 186 valence electrons.